The molecule has 0 saturated heterocycles. The molecule has 0 N–H and O–H groups in total. The number of rotatable bonds is 7. The molecule has 0 aliphatic rings. The summed E-state index contributed by atoms with van der Waals surface area (Å²) in [5.74, 6) is -0.320. The fourth-order valence-electron chi connectivity index (χ4n) is 2.49. The first-order valence-corrected chi connectivity index (χ1v) is 8.37. The number of hydrogen-bond acceptors (Lipinski definition) is 5. The minimum Gasteiger partial charge on any atom is -0.469 e. The van der Waals surface area contributed by atoms with E-state index in [-0.39, 0.29) is 42.4 Å². The largest absolute Gasteiger partial charge is 0.469 e. The van der Waals surface area contributed by atoms with Crippen molar-refractivity contribution in [2.75, 3.05) is 20.2 Å². The Morgan fingerprint density at radius 2 is 1.92 bits per heavy atom. The number of halogens is 1. The maximum atomic E-state index is 13.1. The Balaban J connectivity index is 2.23. The van der Waals surface area contributed by atoms with Crippen molar-refractivity contribution >= 4 is 11.9 Å². The number of hydrogen-bond donors (Lipinski definition) is 0. The van der Waals surface area contributed by atoms with Crippen LogP contribution < -0.4 is 0 Å². The average Bonchev–Trinajstić information content (AvgIpc) is 2.99. The summed E-state index contributed by atoms with van der Waals surface area (Å²) in [6.45, 7) is 6.38. The van der Waals surface area contributed by atoms with Gasteiger partial charge < -0.3 is 9.64 Å². The highest BCUT2D eigenvalue weighted by molar-refractivity contribution is 5.90. The van der Waals surface area contributed by atoms with Crippen LogP contribution in [0.4, 0.5) is 4.39 Å². The molecule has 0 unspecified atom stereocenters. The van der Waals surface area contributed by atoms with Gasteiger partial charge >= 0.3 is 5.97 Å². The molecular formula is C18H23FN4O3. The molecule has 0 aliphatic carbocycles. The molecule has 0 radical (unpaired) electrons. The zero-order valence-electron chi connectivity index (χ0n) is 15.4. The molecular weight excluding hydrogens is 339 g/mol. The summed E-state index contributed by atoms with van der Waals surface area (Å²) in [7, 11) is 1.31. The summed E-state index contributed by atoms with van der Waals surface area (Å²) < 4.78 is 19.2. The number of aromatic nitrogens is 3. The van der Waals surface area contributed by atoms with Crippen molar-refractivity contribution in [2.45, 2.75) is 27.2 Å². The minimum atomic E-state index is -0.382. The van der Waals surface area contributed by atoms with Crippen molar-refractivity contribution in [1.29, 1.82) is 0 Å². The lowest BCUT2D eigenvalue weighted by Crippen LogP contribution is -2.36. The molecule has 2 aromatic rings. The third-order valence-electron chi connectivity index (χ3n) is 3.72. The van der Waals surface area contributed by atoms with Gasteiger partial charge in [-0.3, -0.25) is 9.59 Å². The Bertz CT molecular complexity index is 771. The second-order valence-electron chi connectivity index (χ2n) is 6.34. The molecule has 7 nitrogen and oxygen atoms in total. The highest BCUT2D eigenvalue weighted by atomic mass is 19.1. The topological polar surface area (TPSA) is 77.3 Å². The quantitative estimate of drug-likeness (QED) is 0.707. The number of aryl methyl sites for hydroxylation is 1. The normalized spacial score (nSPS) is 10.8. The van der Waals surface area contributed by atoms with Crippen molar-refractivity contribution in [1.82, 2.24) is 19.7 Å². The van der Waals surface area contributed by atoms with Crippen LogP contribution in [0.5, 0.6) is 0 Å². The van der Waals surface area contributed by atoms with Gasteiger partial charge in [0.1, 0.15) is 11.6 Å². The predicted molar refractivity (Wildman–Crippen MR) is 93.4 cm³/mol. The molecule has 1 aromatic carbocycles. The van der Waals surface area contributed by atoms with Crippen LogP contribution in [0.15, 0.2) is 24.3 Å². The first-order chi connectivity index (χ1) is 12.3. The molecule has 0 fully saturated rings. The number of carbonyl (C=O) groups is 2. The SMILES string of the molecule is COC(=O)CCN(CC(C)C)C(=O)c1nc(C)n(-c2ccc(F)cc2)n1. The van der Waals surface area contributed by atoms with Crippen molar-refractivity contribution in [2.24, 2.45) is 5.92 Å². The molecule has 1 amide bonds. The van der Waals surface area contributed by atoms with E-state index >= 15 is 0 Å². The van der Waals surface area contributed by atoms with Gasteiger partial charge in [0, 0.05) is 13.1 Å². The standard InChI is InChI=1S/C18H23FN4O3/c1-12(2)11-22(10-9-16(24)26-4)18(25)17-20-13(3)23(21-17)15-7-5-14(19)6-8-15/h5-8,12H,9-11H2,1-4H3. The predicted octanol–water partition coefficient (Wildman–Crippen LogP) is 2.38. The molecule has 1 aromatic heterocycles. The highest BCUT2D eigenvalue weighted by Crippen LogP contribution is 2.12. The minimum absolute atomic E-state index is 0.0392. The van der Waals surface area contributed by atoms with E-state index in [1.54, 1.807) is 24.0 Å². The smallest absolute Gasteiger partial charge is 0.307 e. The second kappa shape index (κ2) is 8.55. The summed E-state index contributed by atoms with van der Waals surface area (Å²) in [6.07, 6.45) is 0.104. The Kier molecular flexibility index (Phi) is 6.43. The van der Waals surface area contributed by atoms with Gasteiger partial charge in [0.15, 0.2) is 0 Å². The summed E-state index contributed by atoms with van der Waals surface area (Å²) in [6, 6.07) is 5.77. The molecule has 8 heteroatoms. The number of ether oxygens (including phenoxy) is 1. The first-order valence-electron chi connectivity index (χ1n) is 8.37. The van der Waals surface area contributed by atoms with Gasteiger partial charge in [0.05, 0.1) is 19.2 Å². The molecule has 140 valence electrons. The van der Waals surface area contributed by atoms with Crippen molar-refractivity contribution in [3.8, 4) is 5.69 Å². The molecule has 0 atom stereocenters. The van der Waals surface area contributed by atoms with E-state index in [9.17, 15) is 14.0 Å². The van der Waals surface area contributed by atoms with Crippen LogP contribution in [0.2, 0.25) is 0 Å². The maximum absolute atomic E-state index is 13.1. The van der Waals surface area contributed by atoms with Gasteiger partial charge in [-0.15, -0.1) is 5.10 Å². The molecule has 0 bridgehead atoms. The van der Waals surface area contributed by atoms with Gasteiger partial charge in [-0.1, -0.05) is 13.8 Å². The lowest BCUT2D eigenvalue weighted by molar-refractivity contribution is -0.140. The lowest BCUT2D eigenvalue weighted by Gasteiger charge is -2.22. The molecule has 2 rings (SSSR count). The maximum Gasteiger partial charge on any atom is 0.307 e. The van der Waals surface area contributed by atoms with Crippen molar-refractivity contribution in [3.63, 3.8) is 0 Å². The Hall–Kier alpha value is -2.77. The zero-order chi connectivity index (χ0) is 19.3. The number of carbonyl (C=O) groups excluding carboxylic acids is 2. The number of esters is 1. The van der Waals surface area contributed by atoms with Gasteiger partial charge in [0.2, 0.25) is 5.82 Å². The lowest BCUT2D eigenvalue weighted by atomic mass is 10.2. The van der Waals surface area contributed by atoms with Crippen LogP contribution in [0.25, 0.3) is 5.69 Å². The molecule has 0 aliphatic heterocycles. The molecule has 0 saturated carbocycles. The third-order valence-corrected chi connectivity index (χ3v) is 3.72. The second-order valence-corrected chi connectivity index (χ2v) is 6.34. The average molecular weight is 362 g/mol. The highest BCUT2D eigenvalue weighted by Gasteiger charge is 2.23. The molecule has 26 heavy (non-hydrogen) atoms. The van der Waals surface area contributed by atoms with Gasteiger partial charge in [-0.2, -0.15) is 0 Å². The van der Waals surface area contributed by atoms with E-state index in [1.807, 2.05) is 13.8 Å². The monoisotopic (exact) mass is 362 g/mol. The fourth-order valence-corrected chi connectivity index (χ4v) is 2.49. The van der Waals surface area contributed by atoms with Crippen LogP contribution in [0, 0.1) is 18.7 Å². The number of nitrogens with zero attached hydrogens (tertiary/aromatic N) is 4. The Labute approximate surface area is 151 Å². The van der Waals surface area contributed by atoms with Crippen LogP contribution in [-0.4, -0.2) is 51.7 Å². The van der Waals surface area contributed by atoms with E-state index in [1.165, 1.54) is 23.9 Å². The number of amides is 1. The van der Waals surface area contributed by atoms with E-state index in [4.69, 9.17) is 0 Å². The van der Waals surface area contributed by atoms with Crippen LogP contribution in [0.3, 0.4) is 0 Å². The summed E-state index contributed by atoms with van der Waals surface area (Å²) in [5.41, 5.74) is 0.612. The number of benzene rings is 1. The summed E-state index contributed by atoms with van der Waals surface area (Å²) in [5, 5.41) is 4.26. The summed E-state index contributed by atoms with van der Waals surface area (Å²) in [4.78, 5) is 30.0. The molecule has 1 heterocycles. The van der Waals surface area contributed by atoms with E-state index in [0.29, 0.717) is 18.1 Å². The van der Waals surface area contributed by atoms with E-state index < -0.39 is 0 Å². The van der Waals surface area contributed by atoms with E-state index in [0.717, 1.165) is 0 Å². The molecule has 0 spiro atoms. The zero-order valence-corrected chi connectivity index (χ0v) is 15.4. The Morgan fingerprint density at radius 1 is 1.27 bits per heavy atom. The van der Waals surface area contributed by atoms with Crippen LogP contribution >= 0.6 is 0 Å². The third kappa shape index (κ3) is 4.87. The number of methoxy groups -OCH3 is 1. The van der Waals surface area contributed by atoms with Gasteiger partial charge in [-0.05, 0) is 37.1 Å². The van der Waals surface area contributed by atoms with Gasteiger partial charge in [0.25, 0.3) is 5.91 Å². The summed E-state index contributed by atoms with van der Waals surface area (Å²) >= 11 is 0. The van der Waals surface area contributed by atoms with E-state index in [2.05, 4.69) is 14.8 Å². The van der Waals surface area contributed by atoms with Gasteiger partial charge in [-0.25, -0.2) is 14.1 Å². The van der Waals surface area contributed by atoms with Crippen molar-refractivity contribution in [3.05, 3.63) is 41.7 Å². The fraction of sp³-hybridized carbons (Fsp3) is 0.444. The Morgan fingerprint density at radius 3 is 2.50 bits per heavy atom. The van der Waals surface area contributed by atoms with Crippen molar-refractivity contribution < 1.29 is 18.7 Å². The van der Waals surface area contributed by atoms with Crippen LogP contribution in [0.1, 0.15) is 36.7 Å². The van der Waals surface area contributed by atoms with Crippen LogP contribution in [-0.2, 0) is 9.53 Å². The first kappa shape index (κ1) is 19.6.